The van der Waals surface area contributed by atoms with Gasteiger partial charge in [-0.2, -0.15) is 0 Å². The number of pyridine rings is 1. The van der Waals surface area contributed by atoms with Crippen LogP contribution in [0.25, 0.3) is 0 Å². The minimum absolute atomic E-state index is 0.187. The zero-order chi connectivity index (χ0) is 26.0. The summed E-state index contributed by atoms with van der Waals surface area (Å²) >= 11 is 0. The lowest BCUT2D eigenvalue weighted by Gasteiger charge is -2.19. The van der Waals surface area contributed by atoms with Crippen LogP contribution in [-0.4, -0.2) is 30.6 Å². The number of hydrogen-bond acceptors (Lipinski definition) is 7. The first-order valence-corrected chi connectivity index (χ1v) is 11.7. The summed E-state index contributed by atoms with van der Waals surface area (Å²) < 4.78 is 16.5. The molecule has 4 rings (SSSR count). The summed E-state index contributed by atoms with van der Waals surface area (Å²) in [6.07, 6.45) is 0.371. The van der Waals surface area contributed by atoms with Crippen molar-refractivity contribution in [3.8, 4) is 11.5 Å². The molecule has 0 saturated carbocycles. The molecule has 3 aromatic carbocycles. The van der Waals surface area contributed by atoms with Crippen LogP contribution < -0.4 is 20.1 Å². The molecule has 8 nitrogen and oxygen atoms in total. The number of nitrogens with one attached hydrogen (secondary N) is 2. The summed E-state index contributed by atoms with van der Waals surface area (Å²) in [6, 6.07) is 26.3. The van der Waals surface area contributed by atoms with Gasteiger partial charge in [-0.25, -0.2) is 9.78 Å². The van der Waals surface area contributed by atoms with E-state index in [-0.39, 0.29) is 5.56 Å². The third-order valence-corrected chi connectivity index (χ3v) is 5.36. The highest BCUT2D eigenvalue weighted by atomic mass is 16.5. The van der Waals surface area contributed by atoms with Gasteiger partial charge in [-0.1, -0.05) is 36.4 Å². The van der Waals surface area contributed by atoms with Crippen LogP contribution in [0.4, 0.5) is 17.2 Å². The van der Waals surface area contributed by atoms with Gasteiger partial charge in [-0.15, -0.1) is 0 Å². The molecule has 1 heterocycles. The molecule has 0 spiro atoms. The summed E-state index contributed by atoms with van der Waals surface area (Å²) in [7, 11) is 1.54. The van der Waals surface area contributed by atoms with Crippen molar-refractivity contribution < 1.29 is 23.8 Å². The molecule has 0 saturated heterocycles. The molecule has 8 heteroatoms. The monoisotopic (exact) mass is 497 g/mol. The molecular weight excluding hydrogens is 470 g/mol. The second-order valence-corrected chi connectivity index (χ2v) is 7.90. The number of benzene rings is 3. The van der Waals surface area contributed by atoms with E-state index < -0.39 is 18.0 Å². The number of ether oxygens (including phenoxy) is 3. The first-order chi connectivity index (χ1) is 18.1. The average molecular weight is 498 g/mol. The van der Waals surface area contributed by atoms with Crippen molar-refractivity contribution in [3.63, 3.8) is 0 Å². The Morgan fingerprint density at radius 3 is 2.38 bits per heavy atom. The van der Waals surface area contributed by atoms with E-state index >= 15 is 0 Å². The molecule has 2 N–H and O–H groups in total. The number of carbonyl (C=O) groups excluding carboxylic acids is 2. The normalized spacial score (nSPS) is 11.2. The van der Waals surface area contributed by atoms with Crippen molar-refractivity contribution >= 4 is 29.1 Å². The number of nitrogens with zero attached hydrogens (tertiary/aromatic N) is 1. The molecule has 0 aliphatic rings. The van der Waals surface area contributed by atoms with Gasteiger partial charge in [0.2, 0.25) is 6.10 Å². The van der Waals surface area contributed by atoms with Crippen molar-refractivity contribution in [2.24, 2.45) is 0 Å². The van der Waals surface area contributed by atoms with Crippen LogP contribution >= 0.6 is 0 Å². The Balaban J connectivity index is 1.56. The third-order valence-electron chi connectivity index (χ3n) is 5.36. The predicted octanol–water partition coefficient (Wildman–Crippen LogP) is 5.77. The summed E-state index contributed by atoms with van der Waals surface area (Å²) in [5.41, 5.74) is 1.94. The molecular formula is C29H27N3O5. The number of anilines is 3. The summed E-state index contributed by atoms with van der Waals surface area (Å²) in [5.74, 6) is 0.429. The molecule has 0 fully saturated rings. The molecule has 4 aromatic rings. The third kappa shape index (κ3) is 6.64. The summed E-state index contributed by atoms with van der Waals surface area (Å²) in [4.78, 5) is 30.9. The number of carbonyl (C=O) groups is 2. The molecule has 188 valence electrons. The quantitative estimate of drug-likeness (QED) is 0.268. The summed E-state index contributed by atoms with van der Waals surface area (Å²) in [6.45, 7) is 2.48. The van der Waals surface area contributed by atoms with Crippen molar-refractivity contribution in [1.82, 2.24) is 4.98 Å². The van der Waals surface area contributed by atoms with Gasteiger partial charge in [0.1, 0.15) is 22.9 Å². The van der Waals surface area contributed by atoms with Crippen molar-refractivity contribution in [2.45, 2.75) is 13.0 Å². The van der Waals surface area contributed by atoms with Crippen LogP contribution in [0.2, 0.25) is 0 Å². The molecule has 1 aromatic heterocycles. The number of hydrogen-bond donors (Lipinski definition) is 2. The highest BCUT2D eigenvalue weighted by Crippen LogP contribution is 2.26. The van der Waals surface area contributed by atoms with Gasteiger partial charge < -0.3 is 24.8 Å². The van der Waals surface area contributed by atoms with Crippen LogP contribution in [0.1, 0.15) is 28.9 Å². The summed E-state index contributed by atoms with van der Waals surface area (Å²) in [5, 5.41) is 5.94. The lowest BCUT2D eigenvalue weighted by Crippen LogP contribution is -2.26. The van der Waals surface area contributed by atoms with Crippen LogP contribution in [0, 0.1) is 0 Å². The molecule has 0 aliphatic carbocycles. The number of rotatable bonds is 10. The topological polar surface area (TPSA) is 98.8 Å². The number of methoxy groups -OCH3 is 1. The molecule has 37 heavy (non-hydrogen) atoms. The fourth-order valence-corrected chi connectivity index (χ4v) is 3.59. The lowest BCUT2D eigenvalue weighted by molar-refractivity contribution is -0.125. The zero-order valence-electron chi connectivity index (χ0n) is 20.5. The molecule has 1 atom stereocenters. The minimum atomic E-state index is -1.20. The fraction of sp³-hybridized carbons (Fsp3) is 0.138. The van der Waals surface area contributed by atoms with Crippen LogP contribution in [-0.2, 0) is 9.53 Å². The predicted molar refractivity (Wildman–Crippen MR) is 141 cm³/mol. The maximum Gasteiger partial charge on any atom is 0.343 e. The maximum absolute atomic E-state index is 13.3. The first kappa shape index (κ1) is 25.2. The van der Waals surface area contributed by atoms with Gasteiger partial charge in [0.25, 0.3) is 5.91 Å². The maximum atomic E-state index is 13.3. The van der Waals surface area contributed by atoms with Gasteiger partial charge in [0.05, 0.1) is 13.7 Å². The highest BCUT2D eigenvalue weighted by molar-refractivity contribution is 6.00. The Morgan fingerprint density at radius 2 is 1.65 bits per heavy atom. The Morgan fingerprint density at radius 1 is 0.865 bits per heavy atom. The van der Waals surface area contributed by atoms with Crippen molar-refractivity contribution in [3.05, 3.63) is 108 Å². The van der Waals surface area contributed by atoms with E-state index in [4.69, 9.17) is 14.2 Å². The minimum Gasteiger partial charge on any atom is -0.497 e. The van der Waals surface area contributed by atoms with Gasteiger partial charge in [-0.05, 0) is 55.5 Å². The Labute approximate surface area is 215 Å². The van der Waals surface area contributed by atoms with Gasteiger partial charge in [-0.3, -0.25) is 4.79 Å². The second kappa shape index (κ2) is 12.2. The first-order valence-electron chi connectivity index (χ1n) is 11.7. The number of amides is 1. The Hall–Kier alpha value is -4.85. The van der Waals surface area contributed by atoms with E-state index in [1.165, 1.54) is 0 Å². The number of esters is 1. The Bertz CT molecular complexity index is 1340. The van der Waals surface area contributed by atoms with Crippen LogP contribution in [0.5, 0.6) is 11.5 Å². The van der Waals surface area contributed by atoms with E-state index in [1.54, 1.807) is 74.0 Å². The highest BCUT2D eigenvalue weighted by Gasteiger charge is 2.27. The fourth-order valence-electron chi connectivity index (χ4n) is 3.59. The van der Waals surface area contributed by atoms with E-state index in [9.17, 15) is 9.59 Å². The van der Waals surface area contributed by atoms with E-state index in [0.717, 1.165) is 5.75 Å². The molecule has 0 unspecified atom stereocenters. The van der Waals surface area contributed by atoms with Gasteiger partial charge >= 0.3 is 5.97 Å². The second-order valence-electron chi connectivity index (χ2n) is 7.90. The van der Waals surface area contributed by atoms with E-state index in [1.807, 2.05) is 37.3 Å². The van der Waals surface area contributed by atoms with E-state index in [0.29, 0.717) is 35.1 Å². The van der Waals surface area contributed by atoms with E-state index in [2.05, 4.69) is 15.6 Å². The molecule has 0 radical (unpaired) electrons. The van der Waals surface area contributed by atoms with Crippen molar-refractivity contribution in [2.75, 3.05) is 24.4 Å². The number of aromatic nitrogens is 1. The van der Waals surface area contributed by atoms with Crippen LogP contribution in [0.3, 0.4) is 0 Å². The van der Waals surface area contributed by atoms with Gasteiger partial charge in [0, 0.05) is 29.2 Å². The smallest absolute Gasteiger partial charge is 0.343 e. The standard InChI is InChI=1S/C29H27N3O5/c1-3-36-23-16-14-21(15-17-23)31-27-25(13-8-18-30-27)29(34)37-26(20-9-5-4-6-10-20)28(33)32-22-11-7-12-24(19-22)35-2/h4-19,26H,3H2,1-2H3,(H,30,31)(H,32,33)/t26-/m1/s1. The lowest BCUT2D eigenvalue weighted by atomic mass is 10.1. The molecule has 0 bridgehead atoms. The van der Waals surface area contributed by atoms with Gasteiger partial charge in [0.15, 0.2) is 0 Å². The molecule has 1 amide bonds. The van der Waals surface area contributed by atoms with Crippen molar-refractivity contribution in [1.29, 1.82) is 0 Å². The molecule has 0 aliphatic heterocycles. The average Bonchev–Trinajstić information content (AvgIpc) is 2.93. The largest absolute Gasteiger partial charge is 0.497 e. The van der Waals surface area contributed by atoms with Crippen LogP contribution in [0.15, 0.2) is 97.2 Å². The SMILES string of the molecule is CCOc1ccc(Nc2ncccc2C(=O)O[C@@H](C(=O)Nc2cccc(OC)c2)c2ccccc2)cc1. The zero-order valence-corrected chi connectivity index (χ0v) is 20.5. The Kier molecular flexibility index (Phi) is 8.33.